The molecule has 0 heterocycles. The molecular weight excluding hydrogens is 203 g/mol. The molecule has 0 aliphatic heterocycles. The van der Waals surface area contributed by atoms with Crippen molar-refractivity contribution in [1.82, 2.24) is 0 Å². The highest BCUT2D eigenvalue weighted by molar-refractivity contribution is 5.79. The fourth-order valence-electron chi connectivity index (χ4n) is 0.966. The Morgan fingerprint density at radius 3 is 2.40 bits per heavy atom. The van der Waals surface area contributed by atoms with Gasteiger partial charge in [0.2, 0.25) is 0 Å². The van der Waals surface area contributed by atoms with Gasteiger partial charge in [-0.1, -0.05) is 30.3 Å². The van der Waals surface area contributed by atoms with Gasteiger partial charge in [0.15, 0.2) is 5.83 Å². The third kappa shape index (κ3) is 4.44. The van der Waals surface area contributed by atoms with E-state index in [0.717, 1.165) is 5.56 Å². The molecule has 15 heavy (non-hydrogen) atoms. The largest absolute Gasteiger partial charge is 0.301 e. The van der Waals surface area contributed by atoms with E-state index in [1.165, 1.54) is 6.21 Å². The van der Waals surface area contributed by atoms with Gasteiger partial charge < -0.3 is 0 Å². The summed E-state index contributed by atoms with van der Waals surface area (Å²) in [6, 6.07) is 9.18. The van der Waals surface area contributed by atoms with Crippen LogP contribution >= 0.6 is 0 Å². The fraction of sp³-hybridized carbons (Fsp3) is 0.182. The minimum Gasteiger partial charge on any atom is -0.292 e. The Hall–Kier alpha value is -1.58. The highest BCUT2D eigenvalue weighted by Gasteiger charge is 2.02. The molecule has 0 fully saturated rings. The summed E-state index contributed by atoms with van der Waals surface area (Å²) < 4.78 is 35.6. The van der Waals surface area contributed by atoms with Gasteiger partial charge in [-0.3, -0.25) is 4.99 Å². The Morgan fingerprint density at radius 1 is 1.13 bits per heavy atom. The lowest BCUT2D eigenvalue weighted by molar-refractivity contribution is 0.371. The average Bonchev–Trinajstić information content (AvgIpc) is 2.25. The topological polar surface area (TPSA) is 12.4 Å². The van der Waals surface area contributed by atoms with Gasteiger partial charge in [0.1, 0.15) is 0 Å². The zero-order valence-electron chi connectivity index (χ0n) is 7.96. The van der Waals surface area contributed by atoms with Crippen molar-refractivity contribution >= 4 is 6.21 Å². The van der Waals surface area contributed by atoms with E-state index in [0.29, 0.717) is 0 Å². The van der Waals surface area contributed by atoms with E-state index >= 15 is 0 Å². The molecule has 4 heteroatoms. The van der Waals surface area contributed by atoms with E-state index in [2.05, 4.69) is 4.99 Å². The molecule has 1 rings (SSSR count). The molecule has 0 unspecified atom stereocenters. The quantitative estimate of drug-likeness (QED) is 0.678. The van der Waals surface area contributed by atoms with E-state index in [-0.39, 0.29) is 13.0 Å². The molecule has 0 N–H and O–H groups in total. The van der Waals surface area contributed by atoms with Gasteiger partial charge in [0.05, 0.1) is 0 Å². The summed E-state index contributed by atoms with van der Waals surface area (Å²) in [6.07, 6.45) is -1.08. The van der Waals surface area contributed by atoms with E-state index in [9.17, 15) is 13.2 Å². The van der Waals surface area contributed by atoms with Crippen LogP contribution in [0.5, 0.6) is 0 Å². The zero-order chi connectivity index (χ0) is 11.1. The maximum atomic E-state index is 12.3. The summed E-state index contributed by atoms with van der Waals surface area (Å²) in [7, 11) is 0. The number of benzene rings is 1. The molecule has 0 bridgehead atoms. The molecule has 0 aromatic heterocycles. The number of aliphatic imine (C=N–C) groups is 1. The SMILES string of the molecule is FC(F)=C(F)CCN=Cc1ccccc1. The number of rotatable bonds is 4. The van der Waals surface area contributed by atoms with Crippen LogP contribution in [0, 0.1) is 0 Å². The lowest BCUT2D eigenvalue weighted by Gasteiger charge is -1.93. The van der Waals surface area contributed by atoms with Crippen molar-refractivity contribution in [3.05, 3.63) is 47.8 Å². The van der Waals surface area contributed by atoms with Crippen molar-refractivity contribution in [2.24, 2.45) is 4.99 Å². The Morgan fingerprint density at radius 2 is 1.80 bits per heavy atom. The standard InChI is InChI=1S/C11H10F3N/c12-10(11(13)14)6-7-15-8-9-4-2-1-3-5-9/h1-5,8H,6-7H2. The fourth-order valence-corrected chi connectivity index (χ4v) is 0.966. The van der Waals surface area contributed by atoms with Crippen LogP contribution in [0.3, 0.4) is 0 Å². The third-order valence-corrected chi connectivity index (χ3v) is 1.71. The molecular formula is C11H10F3N. The van der Waals surface area contributed by atoms with Crippen LogP contribution in [0.2, 0.25) is 0 Å². The molecule has 0 saturated heterocycles. The summed E-state index contributed by atoms with van der Waals surface area (Å²) in [5, 5.41) is 0. The number of hydrogen-bond donors (Lipinski definition) is 0. The van der Waals surface area contributed by atoms with Crippen LogP contribution in [-0.2, 0) is 0 Å². The summed E-state index contributed by atoms with van der Waals surface area (Å²) >= 11 is 0. The van der Waals surface area contributed by atoms with Crippen LogP contribution in [0.25, 0.3) is 0 Å². The summed E-state index contributed by atoms with van der Waals surface area (Å²) in [6.45, 7) is 0.0259. The van der Waals surface area contributed by atoms with Gasteiger partial charge in [-0.25, -0.2) is 4.39 Å². The predicted molar refractivity (Wildman–Crippen MR) is 53.9 cm³/mol. The molecule has 0 saturated carbocycles. The molecule has 0 aliphatic carbocycles. The van der Waals surface area contributed by atoms with E-state index in [1.807, 2.05) is 30.3 Å². The van der Waals surface area contributed by atoms with Gasteiger partial charge in [0, 0.05) is 19.2 Å². The lowest BCUT2D eigenvalue weighted by atomic mass is 10.2. The minimum atomic E-state index is -2.26. The average molecular weight is 213 g/mol. The van der Waals surface area contributed by atoms with E-state index in [1.54, 1.807) is 0 Å². The van der Waals surface area contributed by atoms with Gasteiger partial charge in [-0.15, -0.1) is 0 Å². The zero-order valence-corrected chi connectivity index (χ0v) is 7.96. The van der Waals surface area contributed by atoms with Crippen molar-refractivity contribution in [3.63, 3.8) is 0 Å². The van der Waals surface area contributed by atoms with Crippen molar-refractivity contribution in [1.29, 1.82) is 0 Å². The number of halogens is 3. The molecule has 0 amide bonds. The third-order valence-electron chi connectivity index (χ3n) is 1.71. The summed E-state index contributed by atoms with van der Waals surface area (Å²) in [5.74, 6) is -1.39. The Labute approximate surface area is 86.0 Å². The maximum Gasteiger partial charge on any atom is 0.301 e. The molecule has 1 aromatic rings. The maximum absolute atomic E-state index is 12.3. The first-order valence-corrected chi connectivity index (χ1v) is 4.44. The monoisotopic (exact) mass is 213 g/mol. The molecule has 0 radical (unpaired) electrons. The molecule has 0 aliphatic rings. The molecule has 80 valence electrons. The van der Waals surface area contributed by atoms with E-state index in [4.69, 9.17) is 0 Å². The first-order chi connectivity index (χ1) is 7.20. The Kier molecular flexibility index (Phi) is 4.60. The predicted octanol–water partition coefficient (Wildman–Crippen LogP) is 3.57. The van der Waals surface area contributed by atoms with Crippen LogP contribution in [0.15, 0.2) is 47.2 Å². The van der Waals surface area contributed by atoms with Crippen LogP contribution in [-0.4, -0.2) is 12.8 Å². The summed E-state index contributed by atoms with van der Waals surface area (Å²) in [4.78, 5) is 3.83. The highest BCUT2D eigenvalue weighted by atomic mass is 19.3. The van der Waals surface area contributed by atoms with E-state index < -0.39 is 11.9 Å². The molecule has 0 spiro atoms. The highest BCUT2D eigenvalue weighted by Crippen LogP contribution is 2.12. The minimum absolute atomic E-state index is 0.0259. The molecule has 1 aromatic carbocycles. The van der Waals surface area contributed by atoms with Gasteiger partial charge in [-0.2, -0.15) is 8.78 Å². The summed E-state index contributed by atoms with van der Waals surface area (Å²) in [5.41, 5.74) is 0.864. The Balaban J connectivity index is 2.39. The normalized spacial score (nSPS) is 10.6. The van der Waals surface area contributed by atoms with Crippen LogP contribution in [0.1, 0.15) is 12.0 Å². The number of hydrogen-bond acceptors (Lipinski definition) is 1. The van der Waals surface area contributed by atoms with Crippen molar-refractivity contribution < 1.29 is 13.2 Å². The molecule has 0 atom stereocenters. The van der Waals surface area contributed by atoms with Crippen molar-refractivity contribution in [2.45, 2.75) is 6.42 Å². The van der Waals surface area contributed by atoms with Crippen molar-refractivity contribution in [2.75, 3.05) is 6.54 Å². The smallest absolute Gasteiger partial charge is 0.292 e. The molecule has 1 nitrogen and oxygen atoms in total. The second kappa shape index (κ2) is 6.01. The lowest BCUT2D eigenvalue weighted by Crippen LogP contribution is -1.86. The first-order valence-electron chi connectivity index (χ1n) is 4.44. The number of nitrogens with zero attached hydrogens (tertiary/aromatic N) is 1. The van der Waals surface area contributed by atoms with Gasteiger partial charge in [-0.05, 0) is 5.56 Å². The second-order valence-electron chi connectivity index (χ2n) is 2.86. The van der Waals surface area contributed by atoms with Crippen LogP contribution < -0.4 is 0 Å². The van der Waals surface area contributed by atoms with Crippen LogP contribution in [0.4, 0.5) is 13.2 Å². The second-order valence-corrected chi connectivity index (χ2v) is 2.86. The van der Waals surface area contributed by atoms with Crippen molar-refractivity contribution in [3.8, 4) is 0 Å². The van der Waals surface area contributed by atoms with Gasteiger partial charge >= 0.3 is 6.08 Å². The first kappa shape index (κ1) is 11.5. The Bertz CT molecular complexity index is 353. The van der Waals surface area contributed by atoms with Gasteiger partial charge in [0.25, 0.3) is 0 Å².